The largest absolute Gasteiger partial charge is 0.457 e. The number of hydrogen-bond acceptors (Lipinski definition) is 4. The van der Waals surface area contributed by atoms with E-state index in [0.717, 1.165) is 67.4 Å². The average Bonchev–Trinajstić information content (AvgIpc) is 4.21. The van der Waals surface area contributed by atoms with E-state index >= 15 is 8.78 Å². The standard InChI is InChI=1S/C68H64F2N4O/c1-42(2)45-30-46(43(3)4)32-48(31-45)57-17-15-18-58(49-33-52(69)38-53(70)34-49)66(57)73-41-72(62-20-13-14-21-63(62)73)54-35-47(44-22-24-50(25-23-44)67(5,6)7)36-56(39-54)75-55-26-27-60-59-16-11-12-19-61(59)74(64(60)40-55)65-37-51(28-29-71-65)68(8,9)10/h11-40,42-43H,41H2,1-10H3/i22D,23D,24D,25D. The summed E-state index contributed by atoms with van der Waals surface area (Å²) in [6.07, 6.45) is 1.86. The van der Waals surface area contributed by atoms with Crippen LogP contribution in [0.3, 0.4) is 0 Å². The quantitative estimate of drug-likeness (QED) is 0.137. The predicted molar refractivity (Wildman–Crippen MR) is 309 cm³/mol. The lowest BCUT2D eigenvalue weighted by Gasteiger charge is -2.28. The van der Waals surface area contributed by atoms with Crippen molar-refractivity contribution in [3.05, 3.63) is 216 Å². The summed E-state index contributed by atoms with van der Waals surface area (Å²) in [5, 5.41) is 2.09. The first-order valence-corrected chi connectivity index (χ1v) is 25.9. The fourth-order valence-corrected chi connectivity index (χ4v) is 10.3. The maximum absolute atomic E-state index is 15.4. The molecule has 0 N–H and O–H groups in total. The minimum absolute atomic E-state index is 0.100. The number of fused-ring (bicyclic) bond motifs is 4. The van der Waals surface area contributed by atoms with Crippen LogP contribution in [0.1, 0.15) is 109 Å². The van der Waals surface area contributed by atoms with Gasteiger partial charge in [0.25, 0.3) is 0 Å². The molecule has 3 heterocycles. The molecule has 0 radical (unpaired) electrons. The second kappa shape index (κ2) is 19.0. The van der Waals surface area contributed by atoms with Crippen LogP contribution in [-0.2, 0) is 10.8 Å². The Labute approximate surface area is 446 Å². The number of anilines is 4. The first-order chi connectivity index (χ1) is 37.5. The molecule has 11 rings (SSSR count). The lowest BCUT2D eigenvalue weighted by molar-refractivity contribution is 0.483. The molecule has 0 spiro atoms. The Morgan fingerprint density at radius 3 is 1.79 bits per heavy atom. The third-order valence-corrected chi connectivity index (χ3v) is 14.4. The second-order valence-electron chi connectivity index (χ2n) is 22.5. The zero-order valence-electron chi connectivity index (χ0n) is 48.3. The fourth-order valence-electron chi connectivity index (χ4n) is 10.3. The molecule has 7 heteroatoms. The lowest BCUT2D eigenvalue weighted by Crippen LogP contribution is -2.25. The van der Waals surface area contributed by atoms with Gasteiger partial charge >= 0.3 is 0 Å². The van der Waals surface area contributed by atoms with Crippen molar-refractivity contribution in [2.75, 3.05) is 16.5 Å². The molecule has 0 saturated carbocycles. The molecule has 1 aliphatic heterocycles. The van der Waals surface area contributed by atoms with Crippen LogP contribution in [0, 0.1) is 11.6 Å². The zero-order chi connectivity index (χ0) is 56.0. The Hall–Kier alpha value is -8.03. The monoisotopic (exact) mass is 995 g/mol. The van der Waals surface area contributed by atoms with E-state index in [-0.39, 0.29) is 53.7 Å². The Morgan fingerprint density at radius 2 is 1.13 bits per heavy atom. The summed E-state index contributed by atoms with van der Waals surface area (Å²) < 4.78 is 77.6. The number of halogens is 2. The van der Waals surface area contributed by atoms with Gasteiger partial charge in [-0.1, -0.05) is 160 Å². The van der Waals surface area contributed by atoms with Gasteiger partial charge in [-0.25, -0.2) is 13.8 Å². The molecule has 0 atom stereocenters. The van der Waals surface area contributed by atoms with E-state index in [2.05, 4.69) is 117 Å². The molecule has 8 aromatic carbocycles. The van der Waals surface area contributed by atoms with E-state index in [1.165, 1.54) is 23.3 Å². The van der Waals surface area contributed by atoms with Crippen molar-refractivity contribution in [2.45, 2.75) is 91.9 Å². The van der Waals surface area contributed by atoms with Crippen molar-refractivity contribution in [1.29, 1.82) is 0 Å². The molecule has 0 saturated heterocycles. The SMILES string of the molecule is [2H]c1c([2H])c(C(C)(C)C)c([2H])c([2H])c1-c1cc(Oc2ccc3c4ccccc4n(-c4cc(C(C)(C)C)ccn4)c3c2)cc(N2CN(c3c(-c4cc(F)cc(F)c4)cccc3-c3cc(C(C)C)cc(C(C)C)c3)c3ccccc32)c1. The van der Waals surface area contributed by atoms with Crippen LogP contribution in [0.25, 0.3) is 61.0 Å². The molecular weight excluding hydrogens is 927 g/mol. The van der Waals surface area contributed by atoms with Crippen molar-refractivity contribution in [1.82, 2.24) is 9.55 Å². The number of rotatable bonds is 10. The second-order valence-corrected chi connectivity index (χ2v) is 22.5. The highest BCUT2D eigenvalue weighted by Crippen LogP contribution is 2.52. The summed E-state index contributed by atoms with van der Waals surface area (Å²) in [6, 6.07) is 47.9. The third-order valence-electron chi connectivity index (χ3n) is 14.4. The molecule has 0 bridgehead atoms. The predicted octanol–water partition coefficient (Wildman–Crippen LogP) is 19.3. The minimum atomic E-state index is -0.681. The van der Waals surface area contributed by atoms with Gasteiger partial charge in [0.1, 0.15) is 35.6 Å². The highest BCUT2D eigenvalue weighted by molar-refractivity contribution is 6.09. The topological polar surface area (TPSA) is 33.5 Å². The van der Waals surface area contributed by atoms with Gasteiger partial charge in [0.15, 0.2) is 0 Å². The van der Waals surface area contributed by atoms with Crippen LogP contribution in [0.2, 0.25) is 0 Å². The number of benzene rings is 8. The summed E-state index contributed by atoms with van der Waals surface area (Å²) in [6.45, 7) is 21.2. The minimum Gasteiger partial charge on any atom is -0.457 e. The van der Waals surface area contributed by atoms with E-state index in [1.807, 2.05) is 99.8 Å². The first-order valence-electron chi connectivity index (χ1n) is 27.9. The van der Waals surface area contributed by atoms with E-state index in [4.69, 9.17) is 9.72 Å². The number of nitrogens with zero attached hydrogens (tertiary/aromatic N) is 4. The number of aromatic nitrogens is 2. The fraction of sp³-hybridized carbons (Fsp3) is 0.221. The van der Waals surface area contributed by atoms with Crippen LogP contribution in [0.15, 0.2) is 182 Å². The van der Waals surface area contributed by atoms with Crippen molar-refractivity contribution in [3.8, 4) is 50.7 Å². The lowest BCUT2D eigenvalue weighted by atomic mass is 9.86. The van der Waals surface area contributed by atoms with Crippen molar-refractivity contribution in [2.24, 2.45) is 0 Å². The summed E-state index contributed by atoms with van der Waals surface area (Å²) >= 11 is 0. The molecule has 10 aromatic rings. The summed E-state index contributed by atoms with van der Waals surface area (Å²) in [7, 11) is 0. The van der Waals surface area contributed by atoms with Crippen molar-refractivity contribution >= 4 is 44.6 Å². The van der Waals surface area contributed by atoms with Gasteiger partial charge in [0.2, 0.25) is 0 Å². The van der Waals surface area contributed by atoms with Gasteiger partial charge in [-0.15, -0.1) is 0 Å². The van der Waals surface area contributed by atoms with Gasteiger partial charge in [-0.05, 0) is 134 Å². The van der Waals surface area contributed by atoms with Gasteiger partial charge in [0.05, 0.1) is 33.6 Å². The molecule has 0 amide bonds. The third kappa shape index (κ3) is 9.46. The number of para-hydroxylation sites is 4. The van der Waals surface area contributed by atoms with Crippen LogP contribution in [0.4, 0.5) is 31.5 Å². The number of hydrogen-bond donors (Lipinski definition) is 0. The molecular formula is C68H64F2N4O. The van der Waals surface area contributed by atoms with E-state index in [1.54, 1.807) is 6.07 Å². The Bertz CT molecular complexity index is 3980. The van der Waals surface area contributed by atoms with Gasteiger partial charge in [-0.3, -0.25) is 4.57 Å². The highest BCUT2D eigenvalue weighted by atomic mass is 19.1. The normalized spacial score (nSPS) is 13.7. The first kappa shape index (κ1) is 44.5. The molecule has 2 aromatic heterocycles. The van der Waals surface area contributed by atoms with E-state index in [9.17, 15) is 5.48 Å². The Balaban J connectivity index is 1.12. The molecule has 0 unspecified atom stereocenters. The van der Waals surface area contributed by atoms with Gasteiger partial charge in [-0.2, -0.15) is 0 Å². The number of ether oxygens (including phenoxy) is 1. The molecule has 75 heavy (non-hydrogen) atoms. The number of pyridine rings is 1. The van der Waals surface area contributed by atoms with Crippen LogP contribution >= 0.6 is 0 Å². The summed E-state index contributed by atoms with van der Waals surface area (Å²) in [5.74, 6) is 0.816. The molecule has 0 aliphatic carbocycles. The van der Waals surface area contributed by atoms with Gasteiger partial charge < -0.3 is 14.5 Å². The van der Waals surface area contributed by atoms with Crippen LogP contribution in [-0.4, -0.2) is 16.2 Å². The van der Waals surface area contributed by atoms with E-state index in [0.29, 0.717) is 39.4 Å². The zero-order valence-corrected chi connectivity index (χ0v) is 44.3. The maximum atomic E-state index is 15.4. The van der Waals surface area contributed by atoms with Gasteiger partial charge in [0, 0.05) is 52.0 Å². The molecule has 5 nitrogen and oxygen atoms in total. The smallest absolute Gasteiger partial charge is 0.137 e. The summed E-state index contributed by atoms with van der Waals surface area (Å²) in [5.41, 5.74) is 11.5. The van der Waals surface area contributed by atoms with Crippen molar-refractivity contribution in [3.63, 3.8) is 0 Å². The molecule has 1 aliphatic rings. The molecule has 0 fully saturated rings. The average molecular weight is 995 g/mol. The molecule has 376 valence electrons. The highest BCUT2D eigenvalue weighted by Gasteiger charge is 2.32. The Kier molecular flexibility index (Phi) is 11.3. The van der Waals surface area contributed by atoms with Crippen LogP contribution in [0.5, 0.6) is 11.5 Å². The van der Waals surface area contributed by atoms with Crippen molar-refractivity contribution < 1.29 is 19.0 Å². The summed E-state index contributed by atoms with van der Waals surface area (Å²) in [4.78, 5) is 9.22. The van der Waals surface area contributed by atoms with E-state index < -0.39 is 17.0 Å². The Morgan fingerprint density at radius 1 is 0.520 bits per heavy atom. The van der Waals surface area contributed by atoms with Crippen LogP contribution < -0.4 is 14.5 Å². The maximum Gasteiger partial charge on any atom is 0.137 e.